The van der Waals surface area contributed by atoms with Gasteiger partial charge < -0.3 is 14.5 Å². The lowest BCUT2D eigenvalue weighted by Crippen LogP contribution is -2.16. The molecule has 0 radical (unpaired) electrons. The van der Waals surface area contributed by atoms with E-state index in [9.17, 15) is 0 Å². The van der Waals surface area contributed by atoms with Crippen molar-refractivity contribution >= 4 is 10.8 Å². The summed E-state index contributed by atoms with van der Waals surface area (Å²) in [4.78, 5) is 0. The monoisotopic (exact) mass is 267 g/mol. The maximum absolute atomic E-state index is 5.26. The van der Waals surface area contributed by atoms with Crippen LogP contribution in [0.3, 0.4) is 0 Å². The number of rotatable bonds is 4. The molecule has 1 atom stereocenters. The molecule has 102 valence electrons. The van der Waals surface area contributed by atoms with E-state index in [1.54, 1.807) is 19.6 Å². The normalized spacial score (nSPS) is 12.5. The van der Waals surface area contributed by atoms with E-state index in [2.05, 4.69) is 29.6 Å². The Bertz CT molecular complexity index is 704. The molecule has 1 unspecified atom stereocenters. The minimum Gasteiger partial charge on any atom is -0.497 e. The van der Waals surface area contributed by atoms with Crippen LogP contribution in [-0.4, -0.2) is 14.2 Å². The first kappa shape index (κ1) is 12.8. The third-order valence-corrected chi connectivity index (χ3v) is 3.57. The van der Waals surface area contributed by atoms with E-state index < -0.39 is 0 Å². The molecule has 0 saturated carbocycles. The fraction of sp³-hybridized carbons (Fsp3) is 0.176. The zero-order chi connectivity index (χ0) is 13.9. The summed E-state index contributed by atoms with van der Waals surface area (Å²) in [6.45, 7) is 0. The average molecular weight is 267 g/mol. The van der Waals surface area contributed by atoms with Crippen LogP contribution in [0.1, 0.15) is 17.2 Å². The van der Waals surface area contributed by atoms with E-state index in [-0.39, 0.29) is 6.04 Å². The number of ether oxygens (including phenoxy) is 1. The van der Waals surface area contributed by atoms with E-state index in [0.29, 0.717) is 0 Å². The van der Waals surface area contributed by atoms with Gasteiger partial charge in [-0.25, -0.2) is 0 Å². The molecular formula is C17H17NO2. The second kappa shape index (κ2) is 5.39. The van der Waals surface area contributed by atoms with E-state index in [0.717, 1.165) is 11.3 Å². The Hall–Kier alpha value is -2.26. The zero-order valence-corrected chi connectivity index (χ0v) is 11.6. The van der Waals surface area contributed by atoms with Crippen LogP contribution in [0.15, 0.2) is 59.4 Å². The highest BCUT2D eigenvalue weighted by Crippen LogP contribution is 2.27. The van der Waals surface area contributed by atoms with Crippen molar-refractivity contribution in [3.63, 3.8) is 0 Å². The highest BCUT2D eigenvalue weighted by atomic mass is 16.5. The average Bonchev–Trinajstić information content (AvgIpc) is 3.01. The number of nitrogens with one attached hydrogen (secondary N) is 1. The van der Waals surface area contributed by atoms with Crippen LogP contribution < -0.4 is 10.1 Å². The Balaban J connectivity index is 2.04. The summed E-state index contributed by atoms with van der Waals surface area (Å²) in [5.41, 5.74) is 2.34. The van der Waals surface area contributed by atoms with Gasteiger partial charge in [-0.2, -0.15) is 0 Å². The smallest absolute Gasteiger partial charge is 0.119 e. The minimum atomic E-state index is 0.139. The maximum atomic E-state index is 5.26. The lowest BCUT2D eigenvalue weighted by Gasteiger charge is -2.15. The van der Waals surface area contributed by atoms with Crippen molar-refractivity contribution in [3.8, 4) is 5.75 Å². The van der Waals surface area contributed by atoms with Gasteiger partial charge in [-0.1, -0.05) is 18.2 Å². The molecule has 0 saturated heterocycles. The van der Waals surface area contributed by atoms with Crippen molar-refractivity contribution in [3.05, 3.63) is 66.1 Å². The van der Waals surface area contributed by atoms with Gasteiger partial charge in [-0.3, -0.25) is 0 Å². The summed E-state index contributed by atoms with van der Waals surface area (Å²) in [5, 5.41) is 5.70. The van der Waals surface area contributed by atoms with E-state index >= 15 is 0 Å². The molecule has 0 aliphatic carbocycles. The van der Waals surface area contributed by atoms with Gasteiger partial charge >= 0.3 is 0 Å². The summed E-state index contributed by atoms with van der Waals surface area (Å²) in [6.07, 6.45) is 3.48. The van der Waals surface area contributed by atoms with E-state index in [4.69, 9.17) is 9.15 Å². The Morgan fingerprint density at radius 1 is 1.00 bits per heavy atom. The van der Waals surface area contributed by atoms with Gasteiger partial charge in [0.1, 0.15) is 5.75 Å². The molecule has 3 nitrogen and oxygen atoms in total. The third kappa shape index (κ3) is 2.28. The van der Waals surface area contributed by atoms with Crippen molar-refractivity contribution in [2.45, 2.75) is 6.04 Å². The molecule has 3 heteroatoms. The SMILES string of the molecule is CNC(c1ccoc1)c1ccc2cc(OC)ccc2c1. The minimum absolute atomic E-state index is 0.139. The summed E-state index contributed by atoms with van der Waals surface area (Å²) >= 11 is 0. The molecular weight excluding hydrogens is 250 g/mol. The van der Waals surface area contributed by atoms with Crippen LogP contribution >= 0.6 is 0 Å². The molecule has 2 aromatic carbocycles. The van der Waals surface area contributed by atoms with E-state index in [1.165, 1.54) is 16.3 Å². The Morgan fingerprint density at radius 3 is 2.50 bits per heavy atom. The molecule has 0 spiro atoms. The number of furan rings is 1. The molecule has 0 aliphatic rings. The Morgan fingerprint density at radius 2 is 1.80 bits per heavy atom. The molecule has 3 aromatic rings. The lowest BCUT2D eigenvalue weighted by atomic mass is 9.98. The van der Waals surface area contributed by atoms with Gasteiger partial charge in [0.2, 0.25) is 0 Å². The predicted molar refractivity (Wildman–Crippen MR) is 80.1 cm³/mol. The second-order valence-corrected chi connectivity index (χ2v) is 4.75. The van der Waals surface area contributed by atoms with Crippen molar-refractivity contribution in [1.82, 2.24) is 5.32 Å². The highest BCUT2D eigenvalue weighted by Gasteiger charge is 2.13. The van der Waals surface area contributed by atoms with Gasteiger partial charge in [0.25, 0.3) is 0 Å². The molecule has 0 amide bonds. The number of methoxy groups -OCH3 is 1. The summed E-state index contributed by atoms with van der Waals surface area (Å²) in [7, 11) is 3.64. The maximum Gasteiger partial charge on any atom is 0.119 e. The molecule has 1 N–H and O–H groups in total. The van der Waals surface area contributed by atoms with Gasteiger partial charge in [0.05, 0.1) is 25.7 Å². The first-order chi connectivity index (χ1) is 9.81. The number of fused-ring (bicyclic) bond motifs is 1. The summed E-state index contributed by atoms with van der Waals surface area (Å²) in [5.74, 6) is 0.880. The van der Waals surface area contributed by atoms with Gasteiger partial charge in [0, 0.05) is 5.56 Å². The topological polar surface area (TPSA) is 34.4 Å². The largest absolute Gasteiger partial charge is 0.497 e. The van der Waals surface area contributed by atoms with Crippen LogP contribution in [0.2, 0.25) is 0 Å². The standard InChI is InChI=1S/C17H17NO2/c1-18-17(15-7-8-20-11-15)14-4-3-13-10-16(19-2)6-5-12(13)9-14/h3-11,17-18H,1-2H3. The van der Waals surface area contributed by atoms with Gasteiger partial charge in [-0.05, 0) is 47.6 Å². The quantitative estimate of drug-likeness (QED) is 0.781. The fourth-order valence-electron chi connectivity index (χ4n) is 2.51. The molecule has 0 fully saturated rings. The number of hydrogen-bond acceptors (Lipinski definition) is 3. The summed E-state index contributed by atoms with van der Waals surface area (Å²) < 4.78 is 10.4. The molecule has 1 aromatic heterocycles. The first-order valence-electron chi connectivity index (χ1n) is 6.59. The second-order valence-electron chi connectivity index (χ2n) is 4.75. The van der Waals surface area contributed by atoms with Crippen molar-refractivity contribution in [2.75, 3.05) is 14.2 Å². The van der Waals surface area contributed by atoms with Crippen LogP contribution in [0.4, 0.5) is 0 Å². The number of hydrogen-bond donors (Lipinski definition) is 1. The van der Waals surface area contributed by atoms with Crippen LogP contribution in [0, 0.1) is 0 Å². The van der Waals surface area contributed by atoms with E-state index in [1.807, 2.05) is 25.2 Å². The Labute approximate surface area is 118 Å². The molecule has 0 bridgehead atoms. The molecule has 0 aliphatic heterocycles. The number of benzene rings is 2. The zero-order valence-electron chi connectivity index (χ0n) is 11.6. The van der Waals surface area contributed by atoms with Crippen molar-refractivity contribution in [2.24, 2.45) is 0 Å². The first-order valence-corrected chi connectivity index (χ1v) is 6.59. The van der Waals surface area contributed by atoms with Crippen LogP contribution in [0.5, 0.6) is 5.75 Å². The van der Waals surface area contributed by atoms with Crippen molar-refractivity contribution < 1.29 is 9.15 Å². The molecule has 3 rings (SSSR count). The van der Waals surface area contributed by atoms with Crippen molar-refractivity contribution in [1.29, 1.82) is 0 Å². The predicted octanol–water partition coefficient (Wildman–Crippen LogP) is 3.75. The van der Waals surface area contributed by atoms with Gasteiger partial charge in [0.15, 0.2) is 0 Å². The molecule has 20 heavy (non-hydrogen) atoms. The van der Waals surface area contributed by atoms with Gasteiger partial charge in [-0.15, -0.1) is 0 Å². The Kier molecular flexibility index (Phi) is 3.44. The van der Waals surface area contributed by atoms with Crippen LogP contribution in [-0.2, 0) is 0 Å². The lowest BCUT2D eigenvalue weighted by molar-refractivity contribution is 0.415. The summed E-state index contributed by atoms with van der Waals surface area (Å²) in [6, 6.07) is 14.7. The third-order valence-electron chi connectivity index (χ3n) is 3.57. The molecule has 1 heterocycles. The highest BCUT2D eigenvalue weighted by molar-refractivity contribution is 5.84. The fourth-order valence-corrected chi connectivity index (χ4v) is 2.51. The van der Waals surface area contributed by atoms with Crippen LogP contribution in [0.25, 0.3) is 10.8 Å².